The quantitative estimate of drug-likeness (QED) is 0.707. The van der Waals surface area contributed by atoms with Gasteiger partial charge in [-0.1, -0.05) is 36.4 Å². The number of amides is 1. The molecule has 0 spiro atoms. The molecule has 1 aliphatic rings. The van der Waals surface area contributed by atoms with Crippen molar-refractivity contribution in [2.75, 3.05) is 4.90 Å². The number of benzene rings is 2. The van der Waals surface area contributed by atoms with Crippen LogP contribution >= 0.6 is 11.8 Å². The van der Waals surface area contributed by atoms with Crippen molar-refractivity contribution in [1.29, 1.82) is 0 Å². The van der Waals surface area contributed by atoms with Crippen LogP contribution in [0.4, 0.5) is 5.69 Å². The van der Waals surface area contributed by atoms with Gasteiger partial charge in [-0.15, -0.1) is 11.8 Å². The monoisotopic (exact) mass is 320 g/mol. The predicted octanol–water partition coefficient (Wildman–Crippen LogP) is 4.26. The molecule has 4 heteroatoms. The summed E-state index contributed by atoms with van der Waals surface area (Å²) < 4.78 is 0. The summed E-state index contributed by atoms with van der Waals surface area (Å²) in [6, 6.07) is 20.2. The van der Waals surface area contributed by atoms with Crippen molar-refractivity contribution in [1.82, 2.24) is 4.98 Å². The van der Waals surface area contributed by atoms with Gasteiger partial charge in [-0.3, -0.25) is 9.78 Å². The van der Waals surface area contributed by atoms with Crippen LogP contribution in [0.3, 0.4) is 0 Å². The molecule has 1 unspecified atom stereocenters. The van der Waals surface area contributed by atoms with Crippen LogP contribution in [0.5, 0.6) is 0 Å². The first kappa shape index (κ1) is 14.3. The molecule has 0 radical (unpaired) electrons. The van der Waals surface area contributed by atoms with Crippen LogP contribution in [0.25, 0.3) is 10.9 Å². The minimum atomic E-state index is -0.0645. The maximum absolute atomic E-state index is 12.6. The maximum Gasteiger partial charge on any atom is 0.240 e. The van der Waals surface area contributed by atoms with Crippen molar-refractivity contribution in [3.05, 3.63) is 66.4 Å². The summed E-state index contributed by atoms with van der Waals surface area (Å²) >= 11 is 1.63. The summed E-state index contributed by atoms with van der Waals surface area (Å²) in [5.74, 6) is 0.142. The lowest BCUT2D eigenvalue weighted by Gasteiger charge is -2.32. The average molecular weight is 320 g/mol. The van der Waals surface area contributed by atoms with E-state index in [1.165, 1.54) is 0 Å². The van der Waals surface area contributed by atoms with Gasteiger partial charge in [0.25, 0.3) is 0 Å². The van der Waals surface area contributed by atoms with Crippen molar-refractivity contribution in [3.8, 4) is 0 Å². The highest BCUT2D eigenvalue weighted by atomic mass is 32.2. The maximum atomic E-state index is 12.6. The van der Waals surface area contributed by atoms with Crippen molar-refractivity contribution < 1.29 is 4.79 Å². The van der Waals surface area contributed by atoms with Gasteiger partial charge in [0.05, 0.1) is 28.7 Å². The van der Waals surface area contributed by atoms with E-state index in [-0.39, 0.29) is 11.2 Å². The first-order valence-electron chi connectivity index (χ1n) is 7.64. The van der Waals surface area contributed by atoms with E-state index in [1.54, 1.807) is 11.8 Å². The van der Waals surface area contributed by atoms with Gasteiger partial charge < -0.3 is 4.90 Å². The van der Waals surface area contributed by atoms with Gasteiger partial charge in [-0.2, -0.15) is 0 Å². The van der Waals surface area contributed by atoms with Crippen LogP contribution in [-0.2, 0) is 11.3 Å². The molecule has 3 aromatic rings. The Morgan fingerprint density at radius 3 is 2.74 bits per heavy atom. The second-order valence-electron chi connectivity index (χ2n) is 5.65. The summed E-state index contributed by atoms with van der Waals surface area (Å²) in [5.41, 5.74) is 2.85. The van der Waals surface area contributed by atoms with E-state index in [0.717, 1.165) is 27.2 Å². The van der Waals surface area contributed by atoms with Gasteiger partial charge in [-0.25, -0.2) is 0 Å². The largest absolute Gasteiger partial charge is 0.304 e. The van der Waals surface area contributed by atoms with Gasteiger partial charge >= 0.3 is 0 Å². The Kier molecular flexibility index (Phi) is 3.54. The molecule has 0 fully saturated rings. The summed E-state index contributed by atoms with van der Waals surface area (Å²) in [5, 5.41) is 1.05. The van der Waals surface area contributed by atoms with E-state index in [0.29, 0.717) is 6.54 Å². The molecule has 1 amide bonds. The number of fused-ring (bicyclic) bond motifs is 2. The Morgan fingerprint density at radius 2 is 1.83 bits per heavy atom. The lowest BCUT2D eigenvalue weighted by atomic mass is 10.2. The van der Waals surface area contributed by atoms with Gasteiger partial charge in [-0.05, 0) is 31.2 Å². The van der Waals surface area contributed by atoms with Crippen LogP contribution in [0.2, 0.25) is 0 Å². The number of hydrogen-bond donors (Lipinski definition) is 0. The number of thioether (sulfide) groups is 1. The first-order valence-corrected chi connectivity index (χ1v) is 8.52. The summed E-state index contributed by atoms with van der Waals surface area (Å²) in [7, 11) is 0. The van der Waals surface area contributed by atoms with Crippen molar-refractivity contribution in [2.24, 2.45) is 0 Å². The molecule has 0 aliphatic carbocycles. The van der Waals surface area contributed by atoms with Gasteiger partial charge in [0, 0.05) is 10.3 Å². The summed E-state index contributed by atoms with van der Waals surface area (Å²) in [6.07, 6.45) is 0. The van der Waals surface area contributed by atoms with E-state index in [2.05, 4.69) is 12.1 Å². The van der Waals surface area contributed by atoms with Gasteiger partial charge in [0.1, 0.15) is 0 Å². The van der Waals surface area contributed by atoms with Crippen LogP contribution in [0.15, 0.2) is 65.6 Å². The minimum absolute atomic E-state index is 0.0645. The normalized spacial score (nSPS) is 17.3. The zero-order chi connectivity index (χ0) is 15.8. The molecule has 114 valence electrons. The fraction of sp³-hybridized carbons (Fsp3) is 0.158. The molecule has 0 bridgehead atoms. The van der Waals surface area contributed by atoms with E-state index >= 15 is 0 Å². The third kappa shape index (κ3) is 2.59. The Hall–Kier alpha value is -2.33. The Bertz CT molecular complexity index is 893. The first-order chi connectivity index (χ1) is 11.2. The fourth-order valence-corrected chi connectivity index (χ4v) is 3.95. The molecule has 1 atom stereocenters. The number of carbonyl (C=O) groups is 1. The Balaban J connectivity index is 1.72. The molecule has 4 rings (SSSR count). The van der Waals surface area contributed by atoms with Crippen molar-refractivity contribution in [2.45, 2.75) is 23.6 Å². The number of rotatable bonds is 2. The number of aromatic nitrogens is 1. The topological polar surface area (TPSA) is 33.2 Å². The second-order valence-corrected chi connectivity index (χ2v) is 7.03. The molecule has 23 heavy (non-hydrogen) atoms. The third-order valence-electron chi connectivity index (χ3n) is 4.05. The number of pyridine rings is 1. The van der Waals surface area contributed by atoms with Gasteiger partial charge in [0.15, 0.2) is 0 Å². The zero-order valence-corrected chi connectivity index (χ0v) is 13.6. The Morgan fingerprint density at radius 1 is 1.04 bits per heavy atom. The number of carbonyl (C=O) groups excluding carboxylic acids is 1. The molecular formula is C19H16N2OS. The second kappa shape index (κ2) is 5.70. The molecule has 0 N–H and O–H groups in total. The van der Waals surface area contributed by atoms with E-state index < -0.39 is 0 Å². The molecule has 3 nitrogen and oxygen atoms in total. The lowest BCUT2D eigenvalue weighted by molar-refractivity contribution is -0.118. The van der Waals surface area contributed by atoms with Crippen molar-refractivity contribution >= 4 is 34.3 Å². The fourth-order valence-electron chi connectivity index (χ4n) is 2.88. The van der Waals surface area contributed by atoms with E-state index in [9.17, 15) is 4.79 Å². The SMILES string of the molecule is CC1Sc2ccccc2N(Cc2ccc3ccccc3n2)C1=O. The van der Waals surface area contributed by atoms with Crippen LogP contribution in [-0.4, -0.2) is 16.1 Å². The highest BCUT2D eigenvalue weighted by Crippen LogP contribution is 2.39. The molecule has 2 aromatic carbocycles. The van der Waals surface area contributed by atoms with E-state index in [1.807, 2.05) is 60.4 Å². The zero-order valence-electron chi connectivity index (χ0n) is 12.8. The van der Waals surface area contributed by atoms with E-state index in [4.69, 9.17) is 4.98 Å². The average Bonchev–Trinajstić information content (AvgIpc) is 2.59. The van der Waals surface area contributed by atoms with Crippen LogP contribution < -0.4 is 4.90 Å². The number of nitrogens with zero attached hydrogens (tertiary/aromatic N) is 2. The molecule has 1 aromatic heterocycles. The molecular weight excluding hydrogens is 304 g/mol. The summed E-state index contributed by atoms with van der Waals surface area (Å²) in [4.78, 5) is 20.3. The van der Waals surface area contributed by atoms with Crippen LogP contribution in [0.1, 0.15) is 12.6 Å². The molecule has 2 heterocycles. The molecule has 0 saturated carbocycles. The smallest absolute Gasteiger partial charge is 0.240 e. The summed E-state index contributed by atoms with van der Waals surface area (Å²) in [6.45, 7) is 2.47. The lowest BCUT2D eigenvalue weighted by Crippen LogP contribution is -2.39. The standard InChI is InChI=1S/C19H16N2OS/c1-13-19(22)21(17-8-4-5-9-18(17)23-13)12-15-11-10-14-6-2-3-7-16(14)20-15/h2-11,13H,12H2,1H3. The Labute approximate surface area is 139 Å². The minimum Gasteiger partial charge on any atom is -0.304 e. The molecule has 1 aliphatic heterocycles. The number of anilines is 1. The number of hydrogen-bond acceptors (Lipinski definition) is 3. The third-order valence-corrected chi connectivity index (χ3v) is 5.20. The van der Waals surface area contributed by atoms with Crippen LogP contribution in [0, 0.1) is 0 Å². The highest BCUT2D eigenvalue weighted by Gasteiger charge is 2.30. The molecule has 0 saturated heterocycles. The van der Waals surface area contributed by atoms with Gasteiger partial charge in [0.2, 0.25) is 5.91 Å². The van der Waals surface area contributed by atoms with Crippen molar-refractivity contribution in [3.63, 3.8) is 0 Å². The predicted molar refractivity (Wildman–Crippen MR) is 94.7 cm³/mol. The number of para-hydroxylation sites is 2. The highest BCUT2D eigenvalue weighted by molar-refractivity contribution is 8.00.